The molecule has 0 radical (unpaired) electrons. The standard InChI is InChI=1S/C20H37N5S.HI/c1-6-24-9-11-25(12-10-24)15-17(2)14-22-19(21-5)23-16-20(3,4)18-8-7-13-26-18;/h7-8,13,17H,6,9-12,14-16H2,1-5H3,(H2,21,22,23);1H. The highest BCUT2D eigenvalue weighted by Crippen LogP contribution is 2.26. The molecular formula is C20H38IN5S. The van der Waals surface area contributed by atoms with Crippen LogP contribution >= 0.6 is 35.3 Å². The van der Waals surface area contributed by atoms with Gasteiger partial charge in [0.15, 0.2) is 5.96 Å². The molecule has 1 aliphatic heterocycles. The van der Waals surface area contributed by atoms with Gasteiger partial charge in [-0.2, -0.15) is 0 Å². The van der Waals surface area contributed by atoms with Crippen LogP contribution in [0.3, 0.4) is 0 Å². The third-order valence-electron chi connectivity index (χ3n) is 5.21. The molecule has 5 nitrogen and oxygen atoms in total. The fraction of sp³-hybridized carbons (Fsp3) is 0.750. The van der Waals surface area contributed by atoms with Crippen LogP contribution in [0.2, 0.25) is 0 Å². The maximum absolute atomic E-state index is 4.39. The van der Waals surface area contributed by atoms with Gasteiger partial charge in [-0.15, -0.1) is 35.3 Å². The highest BCUT2D eigenvalue weighted by molar-refractivity contribution is 14.0. The van der Waals surface area contributed by atoms with Crippen LogP contribution in [0.25, 0.3) is 0 Å². The van der Waals surface area contributed by atoms with E-state index in [9.17, 15) is 0 Å². The van der Waals surface area contributed by atoms with Crippen molar-refractivity contribution in [3.63, 3.8) is 0 Å². The summed E-state index contributed by atoms with van der Waals surface area (Å²) in [5.74, 6) is 1.50. The van der Waals surface area contributed by atoms with Gasteiger partial charge in [0.05, 0.1) is 0 Å². The van der Waals surface area contributed by atoms with E-state index in [0.29, 0.717) is 5.92 Å². The van der Waals surface area contributed by atoms with E-state index in [1.165, 1.54) is 37.6 Å². The van der Waals surface area contributed by atoms with E-state index in [0.717, 1.165) is 25.6 Å². The van der Waals surface area contributed by atoms with Crippen molar-refractivity contribution in [1.82, 2.24) is 20.4 Å². The second-order valence-electron chi connectivity index (χ2n) is 8.01. The summed E-state index contributed by atoms with van der Waals surface area (Å²) in [4.78, 5) is 10.9. The number of nitrogens with zero attached hydrogens (tertiary/aromatic N) is 3. The molecule has 27 heavy (non-hydrogen) atoms. The molecule has 1 unspecified atom stereocenters. The van der Waals surface area contributed by atoms with Crippen LogP contribution < -0.4 is 10.6 Å². The van der Waals surface area contributed by atoms with Gasteiger partial charge < -0.3 is 20.4 Å². The van der Waals surface area contributed by atoms with Crippen LogP contribution in [0.4, 0.5) is 0 Å². The first-order chi connectivity index (χ1) is 12.4. The molecule has 0 saturated carbocycles. The Kier molecular flexibility index (Phi) is 11.2. The zero-order chi connectivity index (χ0) is 19.0. The SMILES string of the molecule is CCN1CCN(CC(C)CNC(=NC)NCC(C)(C)c2cccs2)CC1.I. The number of guanidine groups is 1. The fourth-order valence-electron chi connectivity index (χ4n) is 3.34. The minimum atomic E-state index is 0. The Morgan fingerprint density at radius 1 is 1.22 bits per heavy atom. The molecule has 0 amide bonds. The highest BCUT2D eigenvalue weighted by atomic mass is 127. The third kappa shape index (κ3) is 8.25. The van der Waals surface area contributed by atoms with Gasteiger partial charge in [-0.05, 0) is 23.9 Å². The van der Waals surface area contributed by atoms with E-state index in [1.54, 1.807) is 0 Å². The Hall–Kier alpha value is -0.380. The molecule has 1 fully saturated rings. The molecule has 1 aliphatic rings. The molecular weight excluding hydrogens is 469 g/mol. The van der Waals surface area contributed by atoms with E-state index in [2.05, 4.69) is 70.6 Å². The van der Waals surface area contributed by atoms with E-state index in [1.807, 2.05) is 18.4 Å². The molecule has 0 aliphatic carbocycles. The predicted octanol–water partition coefficient (Wildman–Crippen LogP) is 3.08. The fourth-order valence-corrected chi connectivity index (χ4v) is 4.19. The predicted molar refractivity (Wildman–Crippen MR) is 130 cm³/mol. The average molecular weight is 508 g/mol. The number of piperazine rings is 1. The van der Waals surface area contributed by atoms with E-state index >= 15 is 0 Å². The monoisotopic (exact) mass is 507 g/mol. The average Bonchev–Trinajstić information content (AvgIpc) is 3.18. The van der Waals surface area contributed by atoms with Crippen molar-refractivity contribution < 1.29 is 0 Å². The maximum atomic E-state index is 4.39. The van der Waals surface area contributed by atoms with Crippen LogP contribution in [0.5, 0.6) is 0 Å². The van der Waals surface area contributed by atoms with Gasteiger partial charge in [0, 0.05) is 63.2 Å². The molecule has 1 aromatic heterocycles. The van der Waals surface area contributed by atoms with Crippen molar-refractivity contribution >= 4 is 41.3 Å². The second-order valence-corrected chi connectivity index (χ2v) is 8.96. The van der Waals surface area contributed by atoms with E-state index in [4.69, 9.17) is 0 Å². The van der Waals surface area contributed by atoms with Crippen molar-refractivity contribution in [2.45, 2.75) is 33.1 Å². The molecule has 0 aromatic carbocycles. The lowest BCUT2D eigenvalue weighted by Crippen LogP contribution is -2.49. The molecule has 2 N–H and O–H groups in total. The van der Waals surface area contributed by atoms with Gasteiger partial charge in [0.1, 0.15) is 0 Å². The maximum Gasteiger partial charge on any atom is 0.191 e. The smallest absolute Gasteiger partial charge is 0.191 e. The lowest BCUT2D eigenvalue weighted by molar-refractivity contribution is 0.124. The van der Waals surface area contributed by atoms with Crippen molar-refractivity contribution in [2.75, 3.05) is 59.4 Å². The van der Waals surface area contributed by atoms with Crippen LogP contribution in [0, 0.1) is 5.92 Å². The van der Waals surface area contributed by atoms with Crippen molar-refractivity contribution in [1.29, 1.82) is 0 Å². The first kappa shape index (κ1) is 24.7. The quantitative estimate of drug-likeness (QED) is 0.323. The van der Waals surface area contributed by atoms with Crippen LogP contribution in [0.1, 0.15) is 32.6 Å². The van der Waals surface area contributed by atoms with Gasteiger partial charge >= 0.3 is 0 Å². The number of hydrogen-bond acceptors (Lipinski definition) is 4. The summed E-state index contributed by atoms with van der Waals surface area (Å²) in [6, 6.07) is 4.33. The molecule has 0 bridgehead atoms. The number of hydrogen-bond donors (Lipinski definition) is 2. The van der Waals surface area contributed by atoms with Crippen LogP contribution in [0.15, 0.2) is 22.5 Å². The summed E-state index contributed by atoms with van der Waals surface area (Å²) in [7, 11) is 1.85. The Morgan fingerprint density at radius 2 is 1.89 bits per heavy atom. The van der Waals surface area contributed by atoms with Crippen molar-refractivity contribution in [3.05, 3.63) is 22.4 Å². The summed E-state index contributed by atoms with van der Waals surface area (Å²) >= 11 is 1.82. The second kappa shape index (κ2) is 12.2. The third-order valence-corrected chi connectivity index (χ3v) is 6.45. The minimum absolute atomic E-state index is 0. The molecule has 1 atom stereocenters. The summed E-state index contributed by atoms with van der Waals surface area (Å²) in [6.07, 6.45) is 0. The van der Waals surface area contributed by atoms with E-state index < -0.39 is 0 Å². The minimum Gasteiger partial charge on any atom is -0.356 e. The van der Waals surface area contributed by atoms with Gasteiger partial charge in [0.25, 0.3) is 0 Å². The number of likely N-dealkylation sites (N-methyl/N-ethyl adjacent to an activating group) is 1. The molecule has 7 heteroatoms. The Bertz CT molecular complexity index is 539. The lowest BCUT2D eigenvalue weighted by atomic mass is 9.91. The van der Waals surface area contributed by atoms with Crippen molar-refractivity contribution in [2.24, 2.45) is 10.9 Å². The lowest BCUT2D eigenvalue weighted by Gasteiger charge is -2.35. The van der Waals surface area contributed by atoms with E-state index in [-0.39, 0.29) is 29.4 Å². The molecule has 156 valence electrons. The number of thiophene rings is 1. The normalized spacial score (nSPS) is 18.0. The largest absolute Gasteiger partial charge is 0.356 e. The van der Waals surface area contributed by atoms with Crippen molar-refractivity contribution in [3.8, 4) is 0 Å². The van der Waals surface area contributed by atoms with Gasteiger partial charge in [-0.1, -0.05) is 33.8 Å². The molecule has 1 aromatic rings. The van der Waals surface area contributed by atoms with Crippen LogP contribution in [-0.2, 0) is 5.41 Å². The molecule has 2 heterocycles. The van der Waals surface area contributed by atoms with Crippen LogP contribution in [-0.4, -0.2) is 75.2 Å². The Labute approximate surface area is 187 Å². The first-order valence-electron chi connectivity index (χ1n) is 9.87. The highest BCUT2D eigenvalue weighted by Gasteiger charge is 2.22. The zero-order valence-corrected chi connectivity index (χ0v) is 20.8. The Balaban J connectivity index is 0.00000364. The topological polar surface area (TPSA) is 42.9 Å². The molecule has 2 rings (SSSR count). The number of rotatable bonds is 8. The number of aliphatic imine (C=N–C) groups is 1. The molecule has 1 saturated heterocycles. The summed E-state index contributed by atoms with van der Waals surface area (Å²) in [6.45, 7) is 18.1. The molecule has 0 spiro atoms. The summed E-state index contributed by atoms with van der Waals surface area (Å²) in [5.41, 5.74) is 0.107. The Morgan fingerprint density at radius 3 is 2.44 bits per heavy atom. The van der Waals surface area contributed by atoms with Gasteiger partial charge in [-0.25, -0.2) is 0 Å². The summed E-state index contributed by atoms with van der Waals surface area (Å²) in [5, 5.41) is 9.14. The number of halogens is 1. The van der Waals surface area contributed by atoms with Gasteiger partial charge in [0.2, 0.25) is 0 Å². The van der Waals surface area contributed by atoms with Gasteiger partial charge in [-0.3, -0.25) is 4.99 Å². The number of nitrogens with one attached hydrogen (secondary N) is 2. The zero-order valence-electron chi connectivity index (χ0n) is 17.6. The summed E-state index contributed by atoms with van der Waals surface area (Å²) < 4.78 is 0. The first-order valence-corrected chi connectivity index (χ1v) is 10.8.